The maximum Gasteiger partial charge on any atom is 0.328 e. The Labute approximate surface area is 120 Å². The molecule has 0 saturated carbocycles. The monoisotopic (exact) mass is 280 g/mol. The standard InChI is InChI=1S/C14H24N4O2/c1-6-15-14-16-10(4)8-12(18-14)17-11(7-9(2)3)13(19)20-5/h8-9,11H,6-7H2,1-5H3,(H2,15,16,17,18). The number of carbonyl (C=O) groups excluding carboxylic acids is 1. The first-order valence-electron chi connectivity index (χ1n) is 6.90. The molecule has 0 saturated heterocycles. The van der Waals surface area contributed by atoms with Crippen LogP contribution in [0.3, 0.4) is 0 Å². The van der Waals surface area contributed by atoms with Crippen molar-refractivity contribution in [3.8, 4) is 0 Å². The molecule has 0 aliphatic carbocycles. The first-order valence-corrected chi connectivity index (χ1v) is 6.90. The average Bonchev–Trinajstić information content (AvgIpc) is 2.36. The minimum atomic E-state index is -0.399. The van der Waals surface area contributed by atoms with Gasteiger partial charge in [0.05, 0.1) is 7.11 Å². The van der Waals surface area contributed by atoms with E-state index in [1.807, 2.05) is 19.9 Å². The Kier molecular flexibility index (Phi) is 6.21. The van der Waals surface area contributed by atoms with Gasteiger partial charge in [-0.2, -0.15) is 4.98 Å². The van der Waals surface area contributed by atoms with Crippen LogP contribution in [-0.2, 0) is 9.53 Å². The van der Waals surface area contributed by atoms with E-state index in [9.17, 15) is 4.79 Å². The molecule has 0 radical (unpaired) electrons. The van der Waals surface area contributed by atoms with E-state index in [1.54, 1.807) is 0 Å². The van der Waals surface area contributed by atoms with Gasteiger partial charge in [0.1, 0.15) is 11.9 Å². The van der Waals surface area contributed by atoms with Crippen LogP contribution >= 0.6 is 0 Å². The van der Waals surface area contributed by atoms with E-state index < -0.39 is 6.04 Å². The zero-order valence-electron chi connectivity index (χ0n) is 12.9. The zero-order valence-corrected chi connectivity index (χ0v) is 12.9. The number of nitrogens with one attached hydrogen (secondary N) is 2. The van der Waals surface area contributed by atoms with Gasteiger partial charge in [0.25, 0.3) is 0 Å². The van der Waals surface area contributed by atoms with Crippen molar-refractivity contribution in [2.75, 3.05) is 24.3 Å². The molecule has 0 aliphatic heterocycles. The van der Waals surface area contributed by atoms with Crippen molar-refractivity contribution < 1.29 is 9.53 Å². The van der Waals surface area contributed by atoms with Gasteiger partial charge in [0, 0.05) is 18.3 Å². The third-order valence-electron chi connectivity index (χ3n) is 2.70. The van der Waals surface area contributed by atoms with Gasteiger partial charge in [-0.25, -0.2) is 9.78 Å². The topological polar surface area (TPSA) is 76.1 Å². The third kappa shape index (κ3) is 5.03. The number of aryl methyl sites for hydroxylation is 1. The maximum atomic E-state index is 11.8. The molecule has 0 fully saturated rings. The Hall–Kier alpha value is -1.85. The maximum absolute atomic E-state index is 11.8. The smallest absolute Gasteiger partial charge is 0.328 e. The number of methoxy groups -OCH3 is 1. The van der Waals surface area contributed by atoms with Crippen molar-refractivity contribution in [1.82, 2.24) is 9.97 Å². The molecule has 1 aromatic rings. The zero-order chi connectivity index (χ0) is 15.1. The molecule has 1 unspecified atom stereocenters. The molecule has 0 bridgehead atoms. The predicted molar refractivity (Wildman–Crippen MR) is 79.8 cm³/mol. The summed E-state index contributed by atoms with van der Waals surface area (Å²) in [5, 5.41) is 6.20. The summed E-state index contributed by atoms with van der Waals surface area (Å²) in [6, 6.07) is 1.42. The highest BCUT2D eigenvalue weighted by Crippen LogP contribution is 2.15. The lowest BCUT2D eigenvalue weighted by molar-refractivity contribution is -0.141. The van der Waals surface area contributed by atoms with Crippen LogP contribution in [0.15, 0.2) is 6.07 Å². The lowest BCUT2D eigenvalue weighted by Crippen LogP contribution is -2.32. The van der Waals surface area contributed by atoms with Crippen LogP contribution in [0, 0.1) is 12.8 Å². The van der Waals surface area contributed by atoms with Crippen LogP contribution in [0.5, 0.6) is 0 Å². The van der Waals surface area contributed by atoms with E-state index >= 15 is 0 Å². The van der Waals surface area contributed by atoms with Gasteiger partial charge in [-0.3, -0.25) is 0 Å². The van der Waals surface area contributed by atoms with Crippen molar-refractivity contribution in [3.05, 3.63) is 11.8 Å². The van der Waals surface area contributed by atoms with Gasteiger partial charge in [-0.15, -0.1) is 0 Å². The number of anilines is 2. The normalized spacial score (nSPS) is 12.1. The van der Waals surface area contributed by atoms with Crippen molar-refractivity contribution in [2.45, 2.75) is 40.2 Å². The molecule has 20 heavy (non-hydrogen) atoms. The predicted octanol–water partition coefficient (Wildman–Crippen LogP) is 2.22. The van der Waals surface area contributed by atoms with Crippen molar-refractivity contribution in [1.29, 1.82) is 0 Å². The van der Waals surface area contributed by atoms with E-state index in [0.29, 0.717) is 24.1 Å². The van der Waals surface area contributed by atoms with Gasteiger partial charge < -0.3 is 15.4 Å². The Morgan fingerprint density at radius 2 is 2.10 bits per heavy atom. The average molecular weight is 280 g/mol. The van der Waals surface area contributed by atoms with Crippen molar-refractivity contribution in [2.24, 2.45) is 5.92 Å². The first kappa shape index (κ1) is 16.2. The summed E-state index contributed by atoms with van der Waals surface area (Å²) in [5.41, 5.74) is 0.839. The Balaban J connectivity index is 2.89. The fourth-order valence-corrected chi connectivity index (χ4v) is 1.89. The van der Waals surface area contributed by atoms with E-state index in [1.165, 1.54) is 7.11 Å². The summed E-state index contributed by atoms with van der Waals surface area (Å²) in [5.74, 6) is 1.29. The third-order valence-corrected chi connectivity index (χ3v) is 2.70. The molecule has 1 heterocycles. The van der Waals surface area contributed by atoms with Gasteiger partial charge in [-0.1, -0.05) is 13.8 Å². The van der Waals surface area contributed by atoms with Gasteiger partial charge in [0.2, 0.25) is 5.95 Å². The molecule has 0 aliphatic rings. The highest BCUT2D eigenvalue weighted by Gasteiger charge is 2.21. The number of nitrogens with zero attached hydrogens (tertiary/aromatic N) is 2. The summed E-state index contributed by atoms with van der Waals surface area (Å²) >= 11 is 0. The van der Waals surface area contributed by atoms with Crippen molar-refractivity contribution >= 4 is 17.7 Å². The molecule has 2 N–H and O–H groups in total. The quantitative estimate of drug-likeness (QED) is 0.746. The van der Waals surface area contributed by atoms with Crippen molar-refractivity contribution in [3.63, 3.8) is 0 Å². The molecule has 6 nitrogen and oxygen atoms in total. The molecule has 0 spiro atoms. The van der Waals surface area contributed by atoms with E-state index in [0.717, 1.165) is 12.2 Å². The Morgan fingerprint density at radius 3 is 2.65 bits per heavy atom. The Bertz CT molecular complexity index is 449. The van der Waals surface area contributed by atoms with E-state index in [4.69, 9.17) is 4.74 Å². The second-order valence-corrected chi connectivity index (χ2v) is 5.10. The summed E-state index contributed by atoms with van der Waals surface area (Å²) in [6.07, 6.45) is 0.687. The highest BCUT2D eigenvalue weighted by atomic mass is 16.5. The van der Waals surface area contributed by atoms with Gasteiger partial charge in [0.15, 0.2) is 0 Å². The second kappa shape index (κ2) is 7.67. The first-order chi connectivity index (χ1) is 9.46. The number of hydrogen-bond donors (Lipinski definition) is 2. The van der Waals surface area contributed by atoms with Crippen LogP contribution in [0.1, 0.15) is 32.9 Å². The number of rotatable bonds is 7. The lowest BCUT2D eigenvalue weighted by Gasteiger charge is -2.19. The Morgan fingerprint density at radius 1 is 1.40 bits per heavy atom. The number of hydrogen-bond acceptors (Lipinski definition) is 6. The van der Waals surface area contributed by atoms with Crippen LogP contribution < -0.4 is 10.6 Å². The number of carbonyl (C=O) groups is 1. The largest absolute Gasteiger partial charge is 0.467 e. The molecule has 0 amide bonds. The molecular weight excluding hydrogens is 256 g/mol. The molecule has 1 atom stereocenters. The van der Waals surface area contributed by atoms with Crippen LogP contribution in [0.25, 0.3) is 0 Å². The summed E-state index contributed by atoms with van der Waals surface area (Å²) in [7, 11) is 1.40. The number of esters is 1. The fourth-order valence-electron chi connectivity index (χ4n) is 1.89. The minimum Gasteiger partial charge on any atom is -0.467 e. The molecule has 1 rings (SSSR count). The van der Waals surface area contributed by atoms with Crippen LogP contribution in [0.4, 0.5) is 11.8 Å². The molecule has 0 aromatic carbocycles. The molecular formula is C14H24N4O2. The minimum absolute atomic E-state index is 0.278. The van der Waals surface area contributed by atoms with E-state index in [2.05, 4.69) is 34.4 Å². The van der Waals surface area contributed by atoms with Crippen LogP contribution in [-0.4, -0.2) is 35.6 Å². The van der Waals surface area contributed by atoms with Crippen LogP contribution in [0.2, 0.25) is 0 Å². The molecule has 112 valence electrons. The second-order valence-electron chi connectivity index (χ2n) is 5.10. The summed E-state index contributed by atoms with van der Waals surface area (Å²) in [6.45, 7) is 8.74. The number of ether oxygens (including phenoxy) is 1. The lowest BCUT2D eigenvalue weighted by atomic mass is 10.0. The fraction of sp³-hybridized carbons (Fsp3) is 0.643. The SMILES string of the molecule is CCNc1nc(C)cc(NC(CC(C)C)C(=O)OC)n1. The molecule has 6 heteroatoms. The van der Waals surface area contributed by atoms with Gasteiger partial charge >= 0.3 is 5.97 Å². The highest BCUT2D eigenvalue weighted by molar-refractivity contribution is 5.78. The number of aromatic nitrogens is 2. The van der Waals surface area contributed by atoms with E-state index in [-0.39, 0.29) is 5.97 Å². The summed E-state index contributed by atoms with van der Waals surface area (Å²) in [4.78, 5) is 20.4. The van der Waals surface area contributed by atoms with Gasteiger partial charge in [-0.05, 0) is 26.2 Å². The molecule has 1 aromatic heterocycles. The summed E-state index contributed by atoms with van der Waals surface area (Å²) < 4.78 is 4.83.